The van der Waals surface area contributed by atoms with Crippen LogP contribution in [0, 0.1) is 6.07 Å². The van der Waals surface area contributed by atoms with Crippen LogP contribution >= 0.6 is 0 Å². The van der Waals surface area contributed by atoms with Crippen molar-refractivity contribution in [2.45, 2.75) is 0 Å². The maximum absolute atomic E-state index is 10.2. The molecule has 0 saturated heterocycles. The first-order chi connectivity index (χ1) is 16.3. The maximum atomic E-state index is 10.2. The third kappa shape index (κ3) is 3.85. The molecule has 6 aromatic rings. The number of ether oxygens (including phenoxy) is 1. The summed E-state index contributed by atoms with van der Waals surface area (Å²) in [6.07, 6.45) is 1.79. The summed E-state index contributed by atoms with van der Waals surface area (Å²) in [4.78, 5) is 9.38. The van der Waals surface area contributed by atoms with Gasteiger partial charge in [0.05, 0.1) is 11.3 Å². The number of para-hydroxylation sites is 2. The van der Waals surface area contributed by atoms with E-state index in [0.29, 0.717) is 23.0 Å². The summed E-state index contributed by atoms with van der Waals surface area (Å²) in [6.45, 7) is 0. The van der Waals surface area contributed by atoms with Gasteiger partial charge in [0.25, 0.3) is 0 Å². The second kappa shape index (κ2) is 9.12. The van der Waals surface area contributed by atoms with Gasteiger partial charge in [0.15, 0.2) is 0 Å². The number of benzene rings is 3. The summed E-state index contributed by atoms with van der Waals surface area (Å²) in [6, 6.07) is 33.8. The molecular formula is C28H18N3O2Pt-. The Morgan fingerprint density at radius 3 is 2.47 bits per heavy atom. The molecule has 0 unspecified atom stereocenters. The topological polar surface area (TPSA) is 60.2 Å². The first-order valence-corrected chi connectivity index (χ1v) is 10.6. The minimum Gasteiger partial charge on any atom is -0.517 e. The van der Waals surface area contributed by atoms with Crippen molar-refractivity contribution in [3.8, 4) is 34.3 Å². The monoisotopic (exact) mass is 623 g/mol. The largest absolute Gasteiger partial charge is 0.517 e. The van der Waals surface area contributed by atoms with Crippen LogP contribution in [0.25, 0.3) is 38.9 Å². The van der Waals surface area contributed by atoms with Crippen molar-refractivity contribution in [3.05, 3.63) is 109 Å². The minimum atomic E-state index is 0. The van der Waals surface area contributed by atoms with Gasteiger partial charge in [0.1, 0.15) is 11.5 Å². The van der Waals surface area contributed by atoms with E-state index in [1.807, 2.05) is 71.3 Å². The molecule has 0 radical (unpaired) electrons. The van der Waals surface area contributed by atoms with Gasteiger partial charge in [-0.25, -0.2) is 4.98 Å². The number of aromatic nitrogens is 3. The Hall–Kier alpha value is -3.95. The molecule has 3 heterocycles. The van der Waals surface area contributed by atoms with Crippen LogP contribution in [0.4, 0.5) is 0 Å². The Morgan fingerprint density at radius 2 is 1.56 bits per heavy atom. The van der Waals surface area contributed by atoms with E-state index in [1.54, 1.807) is 18.3 Å². The molecule has 0 aliphatic heterocycles. The fourth-order valence-corrected chi connectivity index (χ4v) is 4.09. The number of aromatic hydroxyl groups is 1. The number of rotatable bonds is 4. The third-order valence-corrected chi connectivity index (χ3v) is 5.55. The molecule has 168 valence electrons. The molecule has 0 aliphatic rings. The van der Waals surface area contributed by atoms with Crippen LogP contribution in [0.3, 0.4) is 0 Å². The molecule has 0 fully saturated rings. The molecule has 0 aliphatic carbocycles. The number of hydrogen-bond acceptors (Lipinski definition) is 4. The van der Waals surface area contributed by atoms with E-state index in [1.165, 1.54) is 0 Å². The molecule has 0 atom stereocenters. The van der Waals surface area contributed by atoms with Crippen LogP contribution in [-0.4, -0.2) is 19.6 Å². The molecule has 6 heteroatoms. The van der Waals surface area contributed by atoms with E-state index in [2.05, 4.69) is 29.2 Å². The minimum absolute atomic E-state index is 0. The summed E-state index contributed by atoms with van der Waals surface area (Å²) >= 11 is 0. The first kappa shape index (κ1) is 21.9. The Bertz CT molecular complexity index is 1570. The van der Waals surface area contributed by atoms with Crippen LogP contribution < -0.4 is 4.74 Å². The van der Waals surface area contributed by atoms with Crippen molar-refractivity contribution in [1.82, 2.24) is 14.5 Å². The van der Waals surface area contributed by atoms with Crippen molar-refractivity contribution < 1.29 is 30.9 Å². The number of hydrogen-bond donors (Lipinski definition) is 1. The summed E-state index contributed by atoms with van der Waals surface area (Å²) in [7, 11) is 0. The number of nitrogens with zero attached hydrogens (tertiary/aromatic N) is 3. The fourth-order valence-electron chi connectivity index (χ4n) is 4.09. The van der Waals surface area contributed by atoms with Crippen molar-refractivity contribution in [2.24, 2.45) is 0 Å². The van der Waals surface area contributed by atoms with E-state index in [4.69, 9.17) is 9.72 Å². The Balaban J connectivity index is 0.00000241. The molecule has 1 N–H and O–H groups in total. The van der Waals surface area contributed by atoms with Crippen molar-refractivity contribution in [2.75, 3.05) is 0 Å². The van der Waals surface area contributed by atoms with Crippen LogP contribution in [0.5, 0.6) is 17.4 Å². The molecule has 34 heavy (non-hydrogen) atoms. The predicted octanol–water partition coefficient (Wildman–Crippen LogP) is 6.54. The van der Waals surface area contributed by atoms with Crippen LogP contribution in [0.1, 0.15) is 0 Å². The number of phenols is 1. The third-order valence-electron chi connectivity index (χ3n) is 5.55. The molecule has 3 aromatic carbocycles. The molecule has 0 amide bonds. The van der Waals surface area contributed by atoms with E-state index in [9.17, 15) is 5.11 Å². The molecule has 0 bridgehead atoms. The predicted molar refractivity (Wildman–Crippen MR) is 129 cm³/mol. The molecule has 0 spiro atoms. The summed E-state index contributed by atoms with van der Waals surface area (Å²) in [5.74, 6) is 1.87. The van der Waals surface area contributed by atoms with Gasteiger partial charge >= 0.3 is 0 Å². The van der Waals surface area contributed by atoms with Crippen molar-refractivity contribution >= 4 is 21.9 Å². The molecular weight excluding hydrogens is 605 g/mol. The van der Waals surface area contributed by atoms with Crippen LogP contribution in [0.15, 0.2) is 103 Å². The Morgan fingerprint density at radius 1 is 0.765 bits per heavy atom. The molecule has 0 saturated carbocycles. The zero-order valence-electron chi connectivity index (χ0n) is 17.8. The fraction of sp³-hybridized carbons (Fsp3) is 0. The standard InChI is InChI=1S/C28H18N3O2.Pt/c32-25-14-4-2-10-21(25)19-8-5-9-20(18-19)33-27-16-6-15-26(30-27)31-24-13-3-1-11-22(24)23-12-7-17-29-28(23)31;/h1-17,32H;/q-1;. The normalized spacial score (nSPS) is 10.8. The van der Waals surface area contributed by atoms with Gasteiger partial charge in [-0.05, 0) is 30.3 Å². The van der Waals surface area contributed by atoms with Crippen LogP contribution in [0.2, 0.25) is 0 Å². The van der Waals surface area contributed by atoms with Gasteiger partial charge in [-0.3, -0.25) is 4.57 Å². The summed E-state index contributed by atoms with van der Waals surface area (Å²) < 4.78 is 8.10. The average Bonchev–Trinajstić information content (AvgIpc) is 3.19. The van der Waals surface area contributed by atoms with Gasteiger partial charge in [0, 0.05) is 49.9 Å². The number of fused-ring (bicyclic) bond motifs is 3. The first-order valence-electron chi connectivity index (χ1n) is 10.6. The molecule has 6 rings (SSSR count). The quantitative estimate of drug-likeness (QED) is 0.227. The van der Waals surface area contributed by atoms with Gasteiger partial charge < -0.3 is 9.84 Å². The van der Waals surface area contributed by atoms with Gasteiger partial charge in [-0.15, -0.1) is 23.8 Å². The van der Waals surface area contributed by atoms with E-state index < -0.39 is 0 Å². The average molecular weight is 624 g/mol. The van der Waals surface area contributed by atoms with Crippen LogP contribution in [-0.2, 0) is 21.1 Å². The zero-order valence-corrected chi connectivity index (χ0v) is 20.1. The van der Waals surface area contributed by atoms with Crippen molar-refractivity contribution in [3.63, 3.8) is 0 Å². The van der Waals surface area contributed by atoms with Gasteiger partial charge in [-0.2, -0.15) is 4.98 Å². The number of pyridine rings is 2. The Labute approximate surface area is 210 Å². The van der Waals surface area contributed by atoms with Gasteiger partial charge in [0.2, 0.25) is 5.88 Å². The van der Waals surface area contributed by atoms with E-state index in [0.717, 1.165) is 27.5 Å². The van der Waals surface area contributed by atoms with E-state index in [-0.39, 0.29) is 26.8 Å². The van der Waals surface area contributed by atoms with Crippen molar-refractivity contribution in [1.29, 1.82) is 0 Å². The second-order valence-corrected chi connectivity index (χ2v) is 7.61. The smallest absolute Gasteiger partial charge is 0.219 e. The Kier molecular flexibility index (Phi) is 5.87. The van der Waals surface area contributed by atoms with Gasteiger partial charge in [-0.1, -0.05) is 54.1 Å². The zero-order chi connectivity index (χ0) is 22.2. The number of phenolic OH excluding ortho intramolecular Hbond substituents is 1. The summed E-state index contributed by atoms with van der Waals surface area (Å²) in [5, 5.41) is 12.4. The molecule has 5 nitrogen and oxygen atoms in total. The molecule has 3 aromatic heterocycles. The maximum Gasteiger partial charge on any atom is 0.219 e. The second-order valence-electron chi connectivity index (χ2n) is 7.61. The summed E-state index contributed by atoms with van der Waals surface area (Å²) in [5.41, 5.74) is 3.31. The SMILES string of the molecule is Oc1ccccc1-c1[c-]c(Oc2cccc(-n3c4ccccc4c4cccnc43)n2)ccc1.[Pt]. The van der Waals surface area contributed by atoms with E-state index >= 15 is 0 Å².